The van der Waals surface area contributed by atoms with Crippen LogP contribution in [0.15, 0.2) is 0 Å². The van der Waals surface area contributed by atoms with Gasteiger partial charge in [0.05, 0.1) is 27.7 Å². The van der Waals surface area contributed by atoms with Gasteiger partial charge in [0.1, 0.15) is 19.2 Å². The van der Waals surface area contributed by atoms with E-state index in [4.69, 9.17) is 14.8 Å². The first-order valence-electron chi connectivity index (χ1n) is 8.83. The van der Waals surface area contributed by atoms with Crippen molar-refractivity contribution >= 4 is 19.6 Å². The van der Waals surface area contributed by atoms with Gasteiger partial charge < -0.3 is 29.5 Å². The van der Waals surface area contributed by atoms with Gasteiger partial charge in [-0.05, 0) is 18.8 Å². The molecule has 9 nitrogen and oxygen atoms in total. The highest BCUT2D eigenvalue weighted by Gasteiger charge is 2.21. The van der Waals surface area contributed by atoms with Crippen LogP contribution in [0.25, 0.3) is 0 Å². The van der Waals surface area contributed by atoms with E-state index in [0.29, 0.717) is 30.3 Å². The Morgan fingerprint density at radius 1 is 1.12 bits per heavy atom. The zero-order valence-corrected chi connectivity index (χ0v) is 17.4. The molecular weight excluding hydrogens is 361 g/mol. The largest absolute Gasteiger partial charge is 0.756 e. The summed E-state index contributed by atoms with van der Waals surface area (Å²) in [4.78, 5) is 34.6. The van der Waals surface area contributed by atoms with E-state index in [1.54, 1.807) is 13.8 Å². The number of nitrogens with zero attached hydrogens (tertiary/aromatic N) is 1. The van der Waals surface area contributed by atoms with Gasteiger partial charge in [0, 0.05) is 6.42 Å². The molecule has 0 aromatic heterocycles. The number of likely N-dealkylation sites (N-methyl/N-ethyl adjacent to an activating group) is 1. The minimum absolute atomic E-state index is 0.0165. The van der Waals surface area contributed by atoms with E-state index in [-0.39, 0.29) is 31.5 Å². The Labute approximate surface area is 156 Å². The topological polar surface area (TPSA) is 131 Å². The molecule has 0 aliphatic carbocycles. The van der Waals surface area contributed by atoms with E-state index in [1.807, 2.05) is 21.1 Å². The highest BCUT2D eigenvalue weighted by atomic mass is 31.2. The number of hydrogen-bond acceptors (Lipinski definition) is 6. The van der Waals surface area contributed by atoms with E-state index in [9.17, 15) is 19.0 Å². The molecule has 26 heavy (non-hydrogen) atoms. The van der Waals surface area contributed by atoms with Crippen molar-refractivity contribution in [1.29, 1.82) is 0 Å². The molecule has 0 saturated carbocycles. The van der Waals surface area contributed by atoms with Crippen LogP contribution >= 0.6 is 7.82 Å². The number of amides is 2. The van der Waals surface area contributed by atoms with Crippen LogP contribution in [0.1, 0.15) is 39.5 Å². The molecule has 0 heterocycles. The first kappa shape index (κ1) is 25.0. The Kier molecular flexibility index (Phi) is 11.2. The van der Waals surface area contributed by atoms with Crippen molar-refractivity contribution in [3.8, 4) is 0 Å². The predicted molar refractivity (Wildman–Crippen MR) is 96.8 cm³/mol. The number of primary amides is 1. The average molecular weight is 395 g/mol. The molecule has 1 unspecified atom stereocenters. The quantitative estimate of drug-likeness (QED) is 0.248. The highest BCUT2D eigenvalue weighted by Crippen LogP contribution is 2.38. The van der Waals surface area contributed by atoms with Crippen molar-refractivity contribution in [3.05, 3.63) is 0 Å². The molecule has 154 valence electrons. The summed E-state index contributed by atoms with van der Waals surface area (Å²) < 4.78 is 21.7. The van der Waals surface area contributed by atoms with Crippen molar-refractivity contribution in [2.75, 3.05) is 40.9 Å². The third-order valence-corrected chi connectivity index (χ3v) is 4.60. The monoisotopic (exact) mass is 395 g/mol. The molecule has 0 aliphatic rings. The molecule has 0 aromatic carbocycles. The van der Waals surface area contributed by atoms with Gasteiger partial charge in [0.15, 0.2) is 0 Å². The molecule has 3 N–H and O–H groups in total. The molecule has 0 saturated heterocycles. The summed E-state index contributed by atoms with van der Waals surface area (Å²) in [5.41, 5.74) is 5.24. The number of nitrogens with two attached hydrogens (primary N) is 1. The molecule has 0 bridgehead atoms. The fourth-order valence-corrected chi connectivity index (χ4v) is 2.75. The van der Waals surface area contributed by atoms with E-state index in [2.05, 4.69) is 5.32 Å². The fourth-order valence-electron chi connectivity index (χ4n) is 2.02. The Morgan fingerprint density at radius 3 is 2.19 bits per heavy atom. The summed E-state index contributed by atoms with van der Waals surface area (Å²) in [5.74, 6) is -0.882. The highest BCUT2D eigenvalue weighted by molar-refractivity contribution is 7.45. The van der Waals surface area contributed by atoms with Gasteiger partial charge in [-0.15, -0.1) is 0 Å². The lowest BCUT2D eigenvalue weighted by molar-refractivity contribution is -0.870. The van der Waals surface area contributed by atoms with Crippen molar-refractivity contribution in [2.24, 2.45) is 11.7 Å². The third kappa shape index (κ3) is 13.2. The molecular formula is C16H34N3O6P. The summed E-state index contributed by atoms with van der Waals surface area (Å²) in [5, 5.41) is 2.61. The number of phosphoric ester groups is 1. The van der Waals surface area contributed by atoms with Crippen LogP contribution in [0.2, 0.25) is 0 Å². The number of phosphoric acid groups is 1. The van der Waals surface area contributed by atoms with Crippen LogP contribution in [0.3, 0.4) is 0 Å². The van der Waals surface area contributed by atoms with Crippen molar-refractivity contribution in [3.63, 3.8) is 0 Å². The van der Waals surface area contributed by atoms with Gasteiger partial charge in [-0.3, -0.25) is 14.2 Å². The van der Waals surface area contributed by atoms with Gasteiger partial charge in [0.25, 0.3) is 7.82 Å². The molecule has 0 fully saturated rings. The maximum Gasteiger partial charge on any atom is 0.268 e. The SMILES string of the molecule is CC(C)[C@H](NC(=O)CCCCCOP(=O)([O-])OCC[N+](C)(C)C)C(N)=O. The van der Waals surface area contributed by atoms with Crippen molar-refractivity contribution in [2.45, 2.75) is 45.6 Å². The van der Waals surface area contributed by atoms with Crippen LogP contribution in [-0.4, -0.2) is 63.2 Å². The summed E-state index contributed by atoms with van der Waals surface area (Å²) in [6.07, 6.45) is 1.91. The maximum atomic E-state index is 11.8. The van der Waals surface area contributed by atoms with Crippen LogP contribution in [0.4, 0.5) is 0 Å². The second-order valence-electron chi connectivity index (χ2n) is 7.63. The lowest BCUT2D eigenvalue weighted by Gasteiger charge is -2.27. The Balaban J connectivity index is 3.87. The summed E-state index contributed by atoms with van der Waals surface area (Å²) >= 11 is 0. The number of nitrogens with one attached hydrogen (secondary N) is 1. The molecule has 0 aromatic rings. The van der Waals surface area contributed by atoms with Crippen LogP contribution in [0, 0.1) is 5.92 Å². The van der Waals surface area contributed by atoms with Gasteiger partial charge in [0.2, 0.25) is 11.8 Å². The van der Waals surface area contributed by atoms with Crippen LogP contribution < -0.4 is 15.9 Å². The first-order chi connectivity index (χ1) is 11.8. The number of unbranched alkanes of at least 4 members (excludes halogenated alkanes) is 2. The van der Waals surface area contributed by atoms with Gasteiger partial charge in [-0.1, -0.05) is 20.3 Å². The number of quaternary nitrogens is 1. The van der Waals surface area contributed by atoms with Crippen LogP contribution in [0.5, 0.6) is 0 Å². The van der Waals surface area contributed by atoms with Crippen LogP contribution in [-0.2, 0) is 23.2 Å². The number of carbonyl (C=O) groups excluding carboxylic acids is 2. The lowest BCUT2D eigenvalue weighted by atomic mass is 10.0. The zero-order valence-electron chi connectivity index (χ0n) is 16.5. The third-order valence-electron chi connectivity index (χ3n) is 3.60. The molecule has 2 amide bonds. The van der Waals surface area contributed by atoms with E-state index in [1.165, 1.54) is 0 Å². The summed E-state index contributed by atoms with van der Waals surface area (Å²) in [6, 6.07) is -0.680. The number of rotatable bonds is 14. The average Bonchev–Trinajstić information content (AvgIpc) is 2.46. The molecule has 0 spiro atoms. The molecule has 0 radical (unpaired) electrons. The smallest absolute Gasteiger partial charge is 0.268 e. The Hall–Kier alpha value is -0.990. The number of carbonyl (C=O) groups is 2. The van der Waals surface area contributed by atoms with Crippen molar-refractivity contribution < 1.29 is 32.6 Å². The first-order valence-corrected chi connectivity index (χ1v) is 10.3. The van der Waals surface area contributed by atoms with E-state index in [0.717, 1.165) is 0 Å². The Morgan fingerprint density at radius 2 is 1.69 bits per heavy atom. The minimum atomic E-state index is -4.28. The fraction of sp³-hybridized carbons (Fsp3) is 0.875. The van der Waals surface area contributed by atoms with Crippen molar-refractivity contribution in [1.82, 2.24) is 5.32 Å². The van der Waals surface area contributed by atoms with Gasteiger partial charge in [-0.25, -0.2) is 0 Å². The molecule has 10 heteroatoms. The zero-order chi connectivity index (χ0) is 20.4. The van der Waals surface area contributed by atoms with E-state index >= 15 is 0 Å². The second kappa shape index (κ2) is 11.7. The maximum absolute atomic E-state index is 11.8. The Bertz CT molecular complexity index is 493. The molecule has 0 aliphatic heterocycles. The normalized spacial score (nSPS) is 15.5. The predicted octanol–water partition coefficient (Wildman–Crippen LogP) is 0.381. The van der Waals surface area contributed by atoms with Gasteiger partial charge >= 0.3 is 0 Å². The lowest BCUT2D eigenvalue weighted by Crippen LogP contribution is -2.47. The second-order valence-corrected chi connectivity index (χ2v) is 9.04. The molecule has 2 atom stereocenters. The summed E-state index contributed by atoms with van der Waals surface area (Å²) in [6.45, 7) is 4.24. The van der Waals surface area contributed by atoms with Gasteiger partial charge in [-0.2, -0.15) is 0 Å². The van der Waals surface area contributed by atoms with E-state index < -0.39 is 19.8 Å². The summed E-state index contributed by atoms with van der Waals surface area (Å²) in [7, 11) is 1.52. The standard InChI is InChI=1S/C16H34N3O6P/c1-13(2)15(16(17)21)18-14(20)9-7-6-8-11-24-26(22,23)25-12-10-19(3,4)5/h13,15H,6-12H2,1-5H3,(H3-,17,18,20,21,22,23)/t15-/m0/s1. The number of hydrogen-bond donors (Lipinski definition) is 2. The minimum Gasteiger partial charge on any atom is -0.756 e. The molecule has 0 rings (SSSR count).